The van der Waals surface area contributed by atoms with Crippen LogP contribution in [0.1, 0.15) is 12.5 Å². The van der Waals surface area contributed by atoms with E-state index in [4.69, 9.17) is 14.2 Å². The molecule has 1 aromatic carbocycles. The van der Waals surface area contributed by atoms with Crippen LogP contribution >= 0.6 is 0 Å². The van der Waals surface area contributed by atoms with Crippen molar-refractivity contribution in [3.8, 4) is 17.2 Å². The van der Waals surface area contributed by atoms with Gasteiger partial charge in [0.2, 0.25) is 5.75 Å². The standard InChI is InChI=1S/C14H15NO5/c1-8-10(14(16)20-15-8)5-9-6-11(17-2)13(19-4)12(7-9)18-3/h5-7H,1-4H3/b10-5+. The predicted molar refractivity (Wildman–Crippen MR) is 73.3 cm³/mol. The molecule has 1 aliphatic heterocycles. The van der Waals surface area contributed by atoms with E-state index < -0.39 is 5.97 Å². The number of hydrogen-bond donors (Lipinski definition) is 0. The minimum Gasteiger partial charge on any atom is -0.493 e. The fraction of sp³-hybridized carbons (Fsp3) is 0.286. The lowest BCUT2D eigenvalue weighted by molar-refractivity contribution is -0.136. The van der Waals surface area contributed by atoms with Crippen LogP contribution < -0.4 is 14.2 Å². The van der Waals surface area contributed by atoms with Gasteiger partial charge >= 0.3 is 5.97 Å². The average molecular weight is 277 g/mol. The zero-order chi connectivity index (χ0) is 14.7. The molecule has 0 aromatic heterocycles. The Bertz CT molecular complexity index is 579. The number of carbonyl (C=O) groups excluding carboxylic acids is 1. The molecule has 0 spiro atoms. The van der Waals surface area contributed by atoms with E-state index in [9.17, 15) is 4.79 Å². The summed E-state index contributed by atoms with van der Waals surface area (Å²) < 4.78 is 15.8. The number of rotatable bonds is 4. The molecule has 1 heterocycles. The molecule has 0 atom stereocenters. The Hall–Kier alpha value is -2.50. The lowest BCUT2D eigenvalue weighted by atomic mass is 10.1. The van der Waals surface area contributed by atoms with Gasteiger partial charge < -0.3 is 19.0 Å². The molecular formula is C14H15NO5. The van der Waals surface area contributed by atoms with Gasteiger partial charge in [0, 0.05) is 0 Å². The maximum Gasteiger partial charge on any atom is 0.367 e. The third-order valence-corrected chi connectivity index (χ3v) is 2.87. The largest absolute Gasteiger partial charge is 0.493 e. The Morgan fingerprint density at radius 1 is 1.10 bits per heavy atom. The van der Waals surface area contributed by atoms with Gasteiger partial charge in [-0.3, -0.25) is 0 Å². The minimum atomic E-state index is -0.476. The minimum absolute atomic E-state index is 0.402. The summed E-state index contributed by atoms with van der Waals surface area (Å²) in [6.45, 7) is 1.70. The Kier molecular flexibility index (Phi) is 3.93. The number of benzene rings is 1. The number of hydrogen-bond acceptors (Lipinski definition) is 6. The molecule has 0 unspecified atom stereocenters. The predicted octanol–water partition coefficient (Wildman–Crippen LogP) is 2.03. The van der Waals surface area contributed by atoms with E-state index in [0.29, 0.717) is 28.5 Å². The van der Waals surface area contributed by atoms with Crippen molar-refractivity contribution >= 4 is 17.8 Å². The van der Waals surface area contributed by atoms with E-state index in [0.717, 1.165) is 5.56 Å². The van der Waals surface area contributed by atoms with Crippen LogP contribution in [0.4, 0.5) is 0 Å². The molecule has 6 nitrogen and oxygen atoms in total. The van der Waals surface area contributed by atoms with Crippen molar-refractivity contribution in [3.63, 3.8) is 0 Å². The first-order valence-corrected chi connectivity index (χ1v) is 5.88. The monoisotopic (exact) mass is 277 g/mol. The summed E-state index contributed by atoms with van der Waals surface area (Å²) in [5, 5.41) is 3.63. The van der Waals surface area contributed by atoms with E-state index in [1.54, 1.807) is 25.1 Å². The summed E-state index contributed by atoms with van der Waals surface area (Å²) >= 11 is 0. The van der Waals surface area contributed by atoms with Gasteiger partial charge in [0.15, 0.2) is 11.5 Å². The van der Waals surface area contributed by atoms with Crippen LogP contribution in [-0.4, -0.2) is 33.0 Å². The van der Waals surface area contributed by atoms with Crippen molar-refractivity contribution in [2.45, 2.75) is 6.92 Å². The fourth-order valence-electron chi connectivity index (χ4n) is 1.87. The molecule has 20 heavy (non-hydrogen) atoms. The fourth-order valence-corrected chi connectivity index (χ4v) is 1.87. The lowest BCUT2D eigenvalue weighted by Gasteiger charge is -2.13. The summed E-state index contributed by atoms with van der Waals surface area (Å²) in [5.41, 5.74) is 1.66. The molecule has 2 rings (SSSR count). The highest BCUT2D eigenvalue weighted by molar-refractivity contribution is 6.24. The van der Waals surface area contributed by atoms with E-state index in [1.165, 1.54) is 21.3 Å². The van der Waals surface area contributed by atoms with Gasteiger partial charge in [-0.2, -0.15) is 0 Å². The second-order valence-electron chi connectivity index (χ2n) is 4.07. The molecule has 106 valence electrons. The molecule has 0 saturated carbocycles. The second kappa shape index (κ2) is 5.64. The summed E-state index contributed by atoms with van der Waals surface area (Å²) in [5.74, 6) is 1.05. The quantitative estimate of drug-likeness (QED) is 0.622. The Morgan fingerprint density at radius 3 is 2.10 bits per heavy atom. The number of oxime groups is 1. The first kappa shape index (κ1) is 13.9. The van der Waals surface area contributed by atoms with Crippen LogP contribution in [0, 0.1) is 0 Å². The molecule has 0 amide bonds. The maximum atomic E-state index is 11.5. The van der Waals surface area contributed by atoms with Crippen molar-refractivity contribution in [2.24, 2.45) is 5.16 Å². The van der Waals surface area contributed by atoms with Crippen LogP contribution in [0.3, 0.4) is 0 Å². The zero-order valence-electron chi connectivity index (χ0n) is 11.7. The third-order valence-electron chi connectivity index (χ3n) is 2.87. The topological polar surface area (TPSA) is 66.4 Å². The highest BCUT2D eigenvalue weighted by atomic mass is 16.7. The molecule has 0 aliphatic carbocycles. The molecule has 1 aromatic rings. The average Bonchev–Trinajstić information content (AvgIpc) is 2.77. The van der Waals surface area contributed by atoms with Gasteiger partial charge in [-0.05, 0) is 30.7 Å². The van der Waals surface area contributed by atoms with Gasteiger partial charge in [0.25, 0.3) is 0 Å². The summed E-state index contributed by atoms with van der Waals surface area (Å²) in [4.78, 5) is 16.1. The first-order valence-electron chi connectivity index (χ1n) is 5.88. The second-order valence-corrected chi connectivity index (χ2v) is 4.07. The van der Waals surface area contributed by atoms with Gasteiger partial charge in [0.05, 0.1) is 32.6 Å². The van der Waals surface area contributed by atoms with Crippen LogP contribution in [0.5, 0.6) is 17.2 Å². The molecule has 6 heteroatoms. The maximum absolute atomic E-state index is 11.5. The first-order chi connectivity index (χ1) is 9.60. The normalized spacial score (nSPS) is 15.9. The SMILES string of the molecule is COc1cc(/C=C2/C(=O)ON=C2C)cc(OC)c1OC. The number of methoxy groups -OCH3 is 3. The third kappa shape index (κ3) is 2.45. The highest BCUT2D eigenvalue weighted by Gasteiger charge is 2.22. The summed E-state index contributed by atoms with van der Waals surface area (Å²) in [6.07, 6.45) is 1.67. The Morgan fingerprint density at radius 2 is 1.70 bits per heavy atom. The van der Waals surface area contributed by atoms with E-state index >= 15 is 0 Å². The zero-order valence-corrected chi connectivity index (χ0v) is 11.7. The van der Waals surface area contributed by atoms with Gasteiger partial charge in [-0.25, -0.2) is 4.79 Å². The van der Waals surface area contributed by atoms with Gasteiger partial charge in [-0.15, -0.1) is 0 Å². The molecule has 0 radical (unpaired) electrons. The number of ether oxygens (including phenoxy) is 3. The van der Waals surface area contributed by atoms with Crippen molar-refractivity contribution < 1.29 is 23.8 Å². The lowest BCUT2D eigenvalue weighted by Crippen LogP contribution is -2.02. The van der Waals surface area contributed by atoms with Crippen molar-refractivity contribution in [1.82, 2.24) is 0 Å². The van der Waals surface area contributed by atoms with E-state index in [2.05, 4.69) is 9.99 Å². The highest BCUT2D eigenvalue weighted by Crippen LogP contribution is 2.38. The van der Waals surface area contributed by atoms with Gasteiger partial charge in [0.1, 0.15) is 0 Å². The van der Waals surface area contributed by atoms with Crippen molar-refractivity contribution in [1.29, 1.82) is 0 Å². The van der Waals surface area contributed by atoms with Crippen LogP contribution in [-0.2, 0) is 9.63 Å². The number of carbonyl (C=O) groups is 1. The smallest absolute Gasteiger partial charge is 0.367 e. The molecule has 1 aliphatic rings. The summed E-state index contributed by atoms with van der Waals surface area (Å²) in [7, 11) is 4.60. The van der Waals surface area contributed by atoms with Crippen molar-refractivity contribution in [3.05, 3.63) is 23.3 Å². The molecule has 0 fully saturated rings. The van der Waals surface area contributed by atoms with Crippen molar-refractivity contribution in [2.75, 3.05) is 21.3 Å². The molecule has 0 saturated heterocycles. The van der Waals surface area contributed by atoms with Gasteiger partial charge in [-0.1, -0.05) is 5.16 Å². The van der Waals surface area contributed by atoms with Crippen LogP contribution in [0.15, 0.2) is 22.9 Å². The Balaban J connectivity index is 2.51. The molecular weight excluding hydrogens is 262 g/mol. The van der Waals surface area contributed by atoms with E-state index in [1.807, 2.05) is 0 Å². The van der Waals surface area contributed by atoms with Crippen LogP contribution in [0.25, 0.3) is 6.08 Å². The van der Waals surface area contributed by atoms with E-state index in [-0.39, 0.29) is 0 Å². The molecule has 0 bridgehead atoms. The molecule has 0 N–H and O–H groups in total. The summed E-state index contributed by atoms with van der Waals surface area (Å²) in [6, 6.07) is 3.49. The van der Waals surface area contributed by atoms with Crippen LogP contribution in [0.2, 0.25) is 0 Å². The number of nitrogens with zero attached hydrogens (tertiary/aromatic N) is 1. The Labute approximate surface area is 116 Å².